The van der Waals surface area contributed by atoms with Crippen molar-refractivity contribution >= 4 is 23.1 Å². The highest BCUT2D eigenvalue weighted by atomic mass is 16.5. The standard InChI is InChI=1S/C26H24N2O4/c1-16(29)28-22-7-4-3-6-20(22)27-21-14-18(24-8-5-13-32-24)15-23(30)25(21)26(28)17-9-11-19(31-2)12-10-17/h3-13,18,26-27H,14-15H2,1-2H3/t18-,26+/m0/s1. The third kappa shape index (κ3) is 3.38. The lowest BCUT2D eigenvalue weighted by Gasteiger charge is -2.34. The van der Waals surface area contributed by atoms with Crippen LogP contribution < -0.4 is 15.0 Å². The molecule has 0 saturated carbocycles. The van der Waals surface area contributed by atoms with E-state index in [0.29, 0.717) is 18.4 Å². The highest BCUT2D eigenvalue weighted by Gasteiger charge is 2.41. The Morgan fingerprint density at radius 1 is 1.06 bits per heavy atom. The van der Waals surface area contributed by atoms with E-state index in [0.717, 1.165) is 34.1 Å². The Labute approximate surface area is 186 Å². The van der Waals surface area contributed by atoms with Gasteiger partial charge in [-0.3, -0.25) is 14.5 Å². The smallest absolute Gasteiger partial charge is 0.224 e. The van der Waals surface area contributed by atoms with Gasteiger partial charge in [0.1, 0.15) is 11.5 Å². The zero-order valence-electron chi connectivity index (χ0n) is 18.0. The fraction of sp³-hybridized carbons (Fsp3) is 0.231. The summed E-state index contributed by atoms with van der Waals surface area (Å²) in [5, 5.41) is 3.49. The van der Waals surface area contributed by atoms with E-state index < -0.39 is 6.04 Å². The molecule has 0 saturated heterocycles. The van der Waals surface area contributed by atoms with E-state index in [2.05, 4.69) is 5.32 Å². The van der Waals surface area contributed by atoms with Gasteiger partial charge in [-0.2, -0.15) is 0 Å². The van der Waals surface area contributed by atoms with Gasteiger partial charge in [0, 0.05) is 30.5 Å². The highest BCUT2D eigenvalue weighted by molar-refractivity contribution is 6.05. The van der Waals surface area contributed by atoms with Gasteiger partial charge in [0.25, 0.3) is 0 Å². The van der Waals surface area contributed by atoms with Crippen LogP contribution in [0.3, 0.4) is 0 Å². The molecule has 3 aromatic rings. The molecule has 1 aliphatic heterocycles. The quantitative estimate of drug-likeness (QED) is 0.620. The van der Waals surface area contributed by atoms with Gasteiger partial charge in [-0.25, -0.2) is 0 Å². The van der Waals surface area contributed by atoms with Gasteiger partial charge in [0.15, 0.2) is 5.78 Å². The summed E-state index contributed by atoms with van der Waals surface area (Å²) in [6, 6.07) is 18.5. The fourth-order valence-corrected chi connectivity index (χ4v) is 4.76. The predicted molar refractivity (Wildman–Crippen MR) is 122 cm³/mol. The van der Waals surface area contributed by atoms with E-state index in [1.807, 2.05) is 60.7 Å². The van der Waals surface area contributed by atoms with Crippen molar-refractivity contribution in [2.75, 3.05) is 17.3 Å². The van der Waals surface area contributed by atoms with Crippen molar-refractivity contribution in [2.45, 2.75) is 31.7 Å². The largest absolute Gasteiger partial charge is 0.497 e. The minimum atomic E-state index is -0.533. The molecular weight excluding hydrogens is 404 g/mol. The number of carbonyl (C=O) groups excluding carboxylic acids is 2. The zero-order valence-corrected chi connectivity index (χ0v) is 18.0. The van der Waals surface area contributed by atoms with Crippen LogP contribution in [0.2, 0.25) is 0 Å². The van der Waals surface area contributed by atoms with Gasteiger partial charge in [-0.15, -0.1) is 0 Å². The summed E-state index contributed by atoms with van der Waals surface area (Å²) in [6.45, 7) is 1.54. The lowest BCUT2D eigenvalue weighted by atomic mass is 9.80. The molecule has 0 unspecified atom stereocenters. The third-order valence-electron chi connectivity index (χ3n) is 6.20. The summed E-state index contributed by atoms with van der Waals surface area (Å²) in [5.41, 5.74) is 3.87. The summed E-state index contributed by atoms with van der Waals surface area (Å²) in [5.74, 6) is 1.36. The highest BCUT2D eigenvalue weighted by Crippen LogP contribution is 2.47. The number of methoxy groups -OCH3 is 1. The molecule has 6 heteroatoms. The normalized spacial score (nSPS) is 20.2. The van der Waals surface area contributed by atoms with Crippen LogP contribution >= 0.6 is 0 Å². The number of anilines is 2. The lowest BCUT2D eigenvalue weighted by molar-refractivity contribution is -0.117. The van der Waals surface area contributed by atoms with Crippen LogP contribution in [0.5, 0.6) is 5.75 Å². The van der Waals surface area contributed by atoms with Crippen molar-refractivity contribution < 1.29 is 18.7 Å². The molecule has 6 nitrogen and oxygen atoms in total. The molecule has 2 aliphatic rings. The zero-order chi connectivity index (χ0) is 22.2. The van der Waals surface area contributed by atoms with E-state index in [-0.39, 0.29) is 17.6 Å². The number of rotatable bonds is 3. The SMILES string of the molecule is COc1ccc([C@@H]2C3=C(C[C@H](c4ccco4)CC3=O)Nc3ccccc3N2C(C)=O)cc1. The molecule has 32 heavy (non-hydrogen) atoms. The van der Waals surface area contributed by atoms with Crippen LogP contribution in [-0.2, 0) is 9.59 Å². The van der Waals surface area contributed by atoms with Crippen molar-refractivity contribution in [2.24, 2.45) is 0 Å². The predicted octanol–water partition coefficient (Wildman–Crippen LogP) is 5.21. The van der Waals surface area contributed by atoms with Gasteiger partial charge >= 0.3 is 0 Å². The summed E-state index contributed by atoms with van der Waals surface area (Å²) in [4.78, 5) is 28.3. The maximum Gasteiger partial charge on any atom is 0.224 e. The number of carbonyl (C=O) groups is 2. The molecule has 2 aromatic carbocycles. The molecule has 162 valence electrons. The van der Waals surface area contributed by atoms with E-state index in [9.17, 15) is 9.59 Å². The molecule has 1 aromatic heterocycles. The molecule has 0 radical (unpaired) electrons. The van der Waals surface area contributed by atoms with Gasteiger partial charge < -0.3 is 14.5 Å². The molecule has 2 atom stereocenters. The number of amides is 1. The van der Waals surface area contributed by atoms with Crippen LogP contribution in [0.25, 0.3) is 0 Å². The third-order valence-corrected chi connectivity index (χ3v) is 6.20. The van der Waals surface area contributed by atoms with Crippen LogP contribution in [-0.4, -0.2) is 18.8 Å². The van der Waals surface area contributed by atoms with Crippen LogP contribution in [0.4, 0.5) is 11.4 Å². The number of ether oxygens (including phenoxy) is 1. The second kappa shape index (κ2) is 8.04. The number of hydrogen-bond acceptors (Lipinski definition) is 5. The van der Waals surface area contributed by atoms with Crippen molar-refractivity contribution in [3.63, 3.8) is 0 Å². The minimum absolute atomic E-state index is 0.0139. The van der Waals surface area contributed by atoms with Crippen LogP contribution in [0, 0.1) is 0 Å². The number of allylic oxidation sites excluding steroid dienone is 1. The van der Waals surface area contributed by atoms with Crippen LogP contribution in [0.15, 0.2) is 82.6 Å². The van der Waals surface area contributed by atoms with Gasteiger partial charge in [-0.1, -0.05) is 24.3 Å². The number of nitrogens with zero attached hydrogens (tertiary/aromatic N) is 1. The second-order valence-electron chi connectivity index (χ2n) is 8.14. The number of ketones is 1. The van der Waals surface area contributed by atoms with E-state index >= 15 is 0 Å². The number of para-hydroxylation sites is 2. The molecule has 1 aliphatic carbocycles. The Morgan fingerprint density at radius 3 is 2.53 bits per heavy atom. The van der Waals surface area contributed by atoms with Crippen molar-refractivity contribution in [3.05, 3.63) is 89.5 Å². The van der Waals surface area contributed by atoms with E-state index in [4.69, 9.17) is 9.15 Å². The molecule has 2 heterocycles. The molecule has 0 fully saturated rings. The number of hydrogen-bond donors (Lipinski definition) is 1. The van der Waals surface area contributed by atoms with E-state index in [1.54, 1.807) is 18.3 Å². The molecule has 5 rings (SSSR count). The average molecular weight is 428 g/mol. The monoisotopic (exact) mass is 428 g/mol. The maximum atomic E-state index is 13.6. The van der Waals surface area contributed by atoms with Crippen molar-refractivity contribution in [1.29, 1.82) is 0 Å². The Bertz CT molecular complexity index is 1190. The number of fused-ring (bicyclic) bond motifs is 1. The molecular formula is C26H24N2O4. The topological polar surface area (TPSA) is 71.8 Å². The molecule has 0 bridgehead atoms. The first-order valence-electron chi connectivity index (χ1n) is 10.7. The molecule has 1 N–H and O–H groups in total. The summed E-state index contributed by atoms with van der Waals surface area (Å²) >= 11 is 0. The number of furan rings is 1. The first-order chi connectivity index (χ1) is 15.6. The van der Waals surface area contributed by atoms with Gasteiger partial charge in [0.05, 0.1) is 30.8 Å². The Kier molecular flexibility index (Phi) is 5.05. The number of nitrogens with one attached hydrogen (secondary N) is 1. The van der Waals surface area contributed by atoms with E-state index in [1.165, 1.54) is 6.92 Å². The molecule has 0 spiro atoms. The first kappa shape index (κ1) is 20.1. The Balaban J connectivity index is 1.70. The fourth-order valence-electron chi connectivity index (χ4n) is 4.76. The number of benzene rings is 2. The summed E-state index contributed by atoms with van der Waals surface area (Å²) in [6.07, 6.45) is 2.60. The molecule has 1 amide bonds. The average Bonchev–Trinajstić information content (AvgIpc) is 3.29. The Hall–Kier alpha value is -3.80. The van der Waals surface area contributed by atoms with Crippen LogP contribution in [0.1, 0.15) is 43.0 Å². The minimum Gasteiger partial charge on any atom is -0.497 e. The summed E-state index contributed by atoms with van der Waals surface area (Å²) in [7, 11) is 1.61. The summed E-state index contributed by atoms with van der Waals surface area (Å²) < 4.78 is 10.9. The Morgan fingerprint density at radius 2 is 1.84 bits per heavy atom. The maximum absolute atomic E-state index is 13.6. The number of Topliss-reactive ketones (excluding diaryl/α,β-unsaturated/α-hetero) is 1. The lowest BCUT2D eigenvalue weighted by Crippen LogP contribution is -2.37. The van der Waals surface area contributed by atoms with Gasteiger partial charge in [-0.05, 0) is 48.4 Å². The second-order valence-corrected chi connectivity index (χ2v) is 8.14. The first-order valence-corrected chi connectivity index (χ1v) is 10.7. The van der Waals surface area contributed by atoms with Crippen molar-refractivity contribution in [3.8, 4) is 5.75 Å². The van der Waals surface area contributed by atoms with Gasteiger partial charge in [0.2, 0.25) is 5.91 Å². The van der Waals surface area contributed by atoms with Crippen molar-refractivity contribution in [1.82, 2.24) is 0 Å².